The molecule has 0 radical (unpaired) electrons. The molecule has 4 rings (SSSR count). The van der Waals surface area contributed by atoms with Gasteiger partial charge in [0.1, 0.15) is 11.8 Å². The smallest absolute Gasteiger partial charge is 0.283 e. The number of fused-ring (bicyclic) bond motifs is 2. The van der Waals surface area contributed by atoms with Gasteiger partial charge < -0.3 is 9.80 Å². The first-order valence-corrected chi connectivity index (χ1v) is 14.5. The summed E-state index contributed by atoms with van der Waals surface area (Å²) in [6, 6.07) is 10.2. The lowest BCUT2D eigenvalue weighted by molar-refractivity contribution is 0.480. The average Bonchev–Trinajstić information content (AvgIpc) is 3.11. The van der Waals surface area contributed by atoms with Crippen LogP contribution in [0.25, 0.3) is 0 Å². The van der Waals surface area contributed by atoms with E-state index in [1.165, 1.54) is 33.3 Å². The average molecular weight is 543 g/mol. The first kappa shape index (κ1) is 23.3. The fourth-order valence-corrected chi connectivity index (χ4v) is 8.19. The van der Waals surface area contributed by atoms with Crippen molar-refractivity contribution in [2.45, 2.75) is 27.0 Å². The third-order valence-corrected chi connectivity index (χ3v) is 9.01. The van der Waals surface area contributed by atoms with Crippen LogP contribution in [0, 0.1) is 0 Å². The van der Waals surface area contributed by atoms with Gasteiger partial charge >= 0.3 is 0 Å². The summed E-state index contributed by atoms with van der Waals surface area (Å²) in [7, 11) is -8.67. The predicted molar refractivity (Wildman–Crippen MR) is 125 cm³/mol. The minimum Gasteiger partial charge on any atom is -0.342 e. The van der Waals surface area contributed by atoms with E-state index in [2.05, 4.69) is 0 Å². The van der Waals surface area contributed by atoms with Gasteiger partial charge in [-0.1, -0.05) is 46.7 Å². The molecule has 2 aromatic rings. The first-order chi connectivity index (χ1) is 14.4. The fourth-order valence-electron chi connectivity index (χ4n) is 3.54. The van der Waals surface area contributed by atoms with E-state index in [1.807, 2.05) is 0 Å². The molecule has 0 aliphatic carbocycles. The van der Waals surface area contributed by atoms with Crippen LogP contribution in [0.1, 0.15) is 6.42 Å². The Morgan fingerprint density at radius 3 is 1.52 bits per heavy atom. The predicted octanol–water partition coefficient (Wildman–Crippen LogP) is 4.25. The van der Waals surface area contributed by atoms with Crippen LogP contribution in [0.2, 0.25) is 10.0 Å². The van der Waals surface area contributed by atoms with Crippen LogP contribution in [0.3, 0.4) is 0 Å². The van der Waals surface area contributed by atoms with Gasteiger partial charge in [-0.3, -0.25) is 9.11 Å². The Bertz CT molecular complexity index is 1150. The van der Waals surface area contributed by atoms with Gasteiger partial charge in [0.2, 0.25) is 0 Å². The Morgan fingerprint density at radius 2 is 1.16 bits per heavy atom. The Balaban J connectivity index is 1.66. The van der Waals surface area contributed by atoms with Crippen molar-refractivity contribution in [2.75, 3.05) is 21.6 Å². The maximum Gasteiger partial charge on any atom is 0.283 e. The van der Waals surface area contributed by atoms with Gasteiger partial charge in [0, 0.05) is 26.3 Å². The van der Waals surface area contributed by atoms with E-state index in [0.29, 0.717) is 27.8 Å². The van der Waals surface area contributed by atoms with E-state index in [9.17, 15) is 25.9 Å². The van der Waals surface area contributed by atoms with Crippen molar-refractivity contribution >= 4 is 78.3 Å². The highest BCUT2D eigenvalue weighted by Crippen LogP contribution is 2.51. The van der Waals surface area contributed by atoms with Crippen molar-refractivity contribution in [3.05, 3.63) is 46.4 Å². The zero-order chi connectivity index (χ0) is 22.6. The number of rotatable bonds is 6. The molecule has 168 valence electrons. The molecular weight excluding hydrogens is 527 g/mol. The van der Waals surface area contributed by atoms with Gasteiger partial charge in [-0.25, -0.2) is 0 Å². The number of anilines is 2. The van der Waals surface area contributed by atoms with E-state index in [0.717, 1.165) is 9.79 Å². The quantitative estimate of drug-likeness (QED) is 0.513. The summed E-state index contributed by atoms with van der Waals surface area (Å²) in [6.45, 7) is 0. The van der Waals surface area contributed by atoms with Crippen molar-refractivity contribution in [3.63, 3.8) is 0 Å². The normalized spacial score (nSPS) is 20.8. The molecule has 2 atom stereocenters. The van der Waals surface area contributed by atoms with E-state index in [-0.39, 0.29) is 0 Å². The summed E-state index contributed by atoms with van der Waals surface area (Å²) in [5.41, 5.74) is 1.15. The second kappa shape index (κ2) is 8.49. The lowest BCUT2D eigenvalue weighted by atomic mass is 10.2. The zero-order valence-corrected chi connectivity index (χ0v) is 20.3. The largest absolute Gasteiger partial charge is 0.342 e. The lowest BCUT2D eigenvalue weighted by Gasteiger charge is -2.31. The molecule has 2 aliphatic rings. The van der Waals surface area contributed by atoms with Crippen LogP contribution in [-0.2, 0) is 20.2 Å². The van der Waals surface area contributed by atoms with Gasteiger partial charge in [-0.15, -0.1) is 0 Å². The summed E-state index contributed by atoms with van der Waals surface area (Å²) in [4.78, 5) is 4.65. The fraction of sp³-hybridized carbons (Fsp3) is 0.294. The van der Waals surface area contributed by atoms with E-state index in [1.54, 1.807) is 36.4 Å². The SMILES string of the molecule is O=S(=O)(O)CN1c2cc(Cl)ccc2SC1CC1Sc2ccc(Cl)cc2N1CS(=O)(=O)O. The van der Waals surface area contributed by atoms with Crippen LogP contribution in [0.4, 0.5) is 11.4 Å². The number of thioether (sulfide) groups is 2. The monoisotopic (exact) mass is 542 g/mol. The van der Waals surface area contributed by atoms with E-state index in [4.69, 9.17) is 23.2 Å². The highest BCUT2D eigenvalue weighted by molar-refractivity contribution is 8.01. The molecule has 0 aromatic heterocycles. The zero-order valence-electron chi connectivity index (χ0n) is 15.6. The molecule has 8 nitrogen and oxygen atoms in total. The second-order valence-corrected chi connectivity index (χ2v) is 13.1. The maximum atomic E-state index is 11.7. The third kappa shape index (κ3) is 5.38. The van der Waals surface area contributed by atoms with Crippen LogP contribution in [0.15, 0.2) is 46.2 Å². The van der Waals surface area contributed by atoms with Crippen LogP contribution in [0.5, 0.6) is 0 Å². The summed E-state index contributed by atoms with van der Waals surface area (Å²) in [5, 5.41) is -0.0144. The molecule has 0 amide bonds. The second-order valence-electron chi connectivity index (χ2n) is 6.97. The molecule has 0 saturated heterocycles. The van der Waals surface area contributed by atoms with Crippen molar-refractivity contribution in [3.8, 4) is 0 Å². The lowest BCUT2D eigenvalue weighted by Crippen LogP contribution is -2.41. The molecule has 14 heteroatoms. The number of halogens is 2. The standard InChI is InChI=1S/C17H16Cl2N2O6S4/c18-10-1-3-14-12(5-10)20(8-30(22,23)24)16(28-14)7-17-21(9-31(25,26)27)13-6-11(19)2-4-15(13)29-17/h1-6,16-17H,7-9H2,(H,22,23,24)(H,25,26,27). The molecule has 2 aliphatic heterocycles. The van der Waals surface area contributed by atoms with Crippen LogP contribution < -0.4 is 9.80 Å². The Morgan fingerprint density at radius 1 is 0.774 bits per heavy atom. The van der Waals surface area contributed by atoms with Gasteiger partial charge in [-0.2, -0.15) is 16.8 Å². The molecule has 2 unspecified atom stereocenters. The van der Waals surface area contributed by atoms with Gasteiger partial charge in [0.25, 0.3) is 20.2 Å². The highest BCUT2D eigenvalue weighted by atomic mass is 35.5. The summed E-state index contributed by atoms with van der Waals surface area (Å²) in [6.07, 6.45) is 0.318. The number of nitrogens with zero attached hydrogens (tertiary/aromatic N) is 2. The molecular formula is C17H16Cl2N2O6S4. The molecule has 0 spiro atoms. The molecule has 31 heavy (non-hydrogen) atoms. The Hall–Kier alpha value is -0.860. The minimum atomic E-state index is -4.34. The van der Waals surface area contributed by atoms with Gasteiger partial charge in [0.15, 0.2) is 0 Å². The summed E-state index contributed by atoms with van der Waals surface area (Å²) in [5.74, 6) is -1.26. The van der Waals surface area contributed by atoms with Crippen molar-refractivity contribution < 1.29 is 25.9 Å². The van der Waals surface area contributed by atoms with E-state index < -0.39 is 42.7 Å². The molecule has 2 N–H and O–H groups in total. The van der Waals surface area contributed by atoms with Gasteiger partial charge in [-0.05, 0) is 36.4 Å². The topological polar surface area (TPSA) is 115 Å². The Kier molecular flexibility index (Phi) is 6.38. The number of hydrogen-bond acceptors (Lipinski definition) is 8. The summed E-state index contributed by atoms with van der Waals surface area (Å²) >= 11 is 15.0. The number of hydrogen-bond donors (Lipinski definition) is 2. The molecule has 2 heterocycles. The van der Waals surface area contributed by atoms with Crippen LogP contribution >= 0.6 is 46.7 Å². The Labute approximate surface area is 198 Å². The third-order valence-electron chi connectivity index (χ3n) is 4.69. The van der Waals surface area contributed by atoms with Crippen molar-refractivity contribution in [1.29, 1.82) is 0 Å². The molecule has 2 aromatic carbocycles. The molecule has 0 bridgehead atoms. The summed E-state index contributed by atoms with van der Waals surface area (Å²) < 4.78 is 65.6. The minimum absolute atomic E-state index is 0.318. The first-order valence-electron chi connectivity index (χ1n) is 8.76. The maximum absolute atomic E-state index is 11.7. The highest BCUT2D eigenvalue weighted by Gasteiger charge is 2.40. The van der Waals surface area contributed by atoms with E-state index >= 15 is 0 Å². The van der Waals surface area contributed by atoms with Crippen molar-refractivity contribution in [1.82, 2.24) is 0 Å². The van der Waals surface area contributed by atoms with Gasteiger partial charge in [0.05, 0.1) is 22.1 Å². The number of benzene rings is 2. The molecule has 0 saturated carbocycles. The van der Waals surface area contributed by atoms with Crippen LogP contribution in [-0.4, -0.2) is 48.4 Å². The van der Waals surface area contributed by atoms with Crippen molar-refractivity contribution in [2.24, 2.45) is 0 Å². The molecule has 0 fully saturated rings.